The number of carbonyl (C=O) groups excluding carboxylic acids is 2. The van der Waals surface area contributed by atoms with Crippen LogP contribution in [0.4, 0.5) is 0 Å². The number of benzene rings is 2. The van der Waals surface area contributed by atoms with Crippen LogP contribution in [0.3, 0.4) is 0 Å². The Labute approximate surface area is 144 Å². The molecule has 1 aromatic heterocycles. The van der Waals surface area contributed by atoms with Crippen molar-refractivity contribution in [2.24, 2.45) is 0 Å². The Morgan fingerprint density at radius 3 is 2.54 bits per heavy atom. The fourth-order valence-corrected chi connectivity index (χ4v) is 3.28. The second kappa shape index (κ2) is 7.75. The first-order valence-electron chi connectivity index (χ1n) is 7.69. The summed E-state index contributed by atoms with van der Waals surface area (Å²) >= 11 is 1.37. The summed E-state index contributed by atoms with van der Waals surface area (Å²) in [5, 5.41) is 3.75. The lowest BCUT2D eigenvalue weighted by Gasteiger charge is -2.06. The zero-order valence-corrected chi connectivity index (χ0v) is 13.8. The standard InChI is InChI=1S/C19H17NO3S/c21-18(20-11-10-14-6-2-1-3-7-14)13-23-19(22)17-12-15-8-4-5-9-16(15)24-17/h1-9,12H,10-11,13H2,(H,20,21). The Hall–Kier alpha value is -2.66. The number of carbonyl (C=O) groups is 2. The molecule has 1 N–H and O–H groups in total. The molecule has 0 fully saturated rings. The summed E-state index contributed by atoms with van der Waals surface area (Å²) in [6.45, 7) is 0.255. The lowest BCUT2D eigenvalue weighted by atomic mass is 10.1. The molecule has 5 heteroatoms. The average Bonchev–Trinajstić information content (AvgIpc) is 3.05. The van der Waals surface area contributed by atoms with Gasteiger partial charge in [-0.25, -0.2) is 4.79 Å². The van der Waals surface area contributed by atoms with Gasteiger partial charge in [-0.15, -0.1) is 11.3 Å². The molecule has 0 bridgehead atoms. The van der Waals surface area contributed by atoms with Crippen LogP contribution in [0, 0.1) is 0 Å². The molecule has 122 valence electrons. The van der Waals surface area contributed by atoms with Crippen molar-refractivity contribution >= 4 is 33.3 Å². The van der Waals surface area contributed by atoms with Gasteiger partial charge < -0.3 is 10.1 Å². The topological polar surface area (TPSA) is 55.4 Å². The number of esters is 1. The minimum absolute atomic E-state index is 0.262. The summed E-state index contributed by atoms with van der Waals surface area (Å²) in [7, 11) is 0. The number of thiophene rings is 1. The number of hydrogen-bond donors (Lipinski definition) is 1. The molecule has 0 saturated carbocycles. The Morgan fingerprint density at radius 1 is 1.00 bits per heavy atom. The van der Waals surface area contributed by atoms with E-state index in [9.17, 15) is 9.59 Å². The van der Waals surface area contributed by atoms with Crippen molar-refractivity contribution in [2.45, 2.75) is 6.42 Å². The molecule has 1 heterocycles. The van der Waals surface area contributed by atoms with Gasteiger partial charge in [0, 0.05) is 11.2 Å². The number of rotatable bonds is 6. The molecule has 0 radical (unpaired) electrons. The van der Waals surface area contributed by atoms with E-state index in [1.54, 1.807) is 6.07 Å². The maximum atomic E-state index is 12.0. The summed E-state index contributed by atoms with van der Waals surface area (Å²) < 4.78 is 6.11. The van der Waals surface area contributed by atoms with Gasteiger partial charge in [-0.2, -0.15) is 0 Å². The predicted molar refractivity (Wildman–Crippen MR) is 95.3 cm³/mol. The van der Waals surface area contributed by atoms with Crippen LogP contribution >= 0.6 is 11.3 Å². The fourth-order valence-electron chi connectivity index (χ4n) is 2.33. The summed E-state index contributed by atoms with van der Waals surface area (Å²) in [6.07, 6.45) is 0.747. The first-order chi connectivity index (χ1) is 11.7. The van der Waals surface area contributed by atoms with Gasteiger partial charge in [0.1, 0.15) is 4.88 Å². The highest BCUT2D eigenvalue weighted by atomic mass is 32.1. The second-order valence-corrected chi connectivity index (χ2v) is 6.39. The average molecular weight is 339 g/mol. The molecule has 0 unspecified atom stereocenters. The van der Waals surface area contributed by atoms with Gasteiger partial charge in [-0.05, 0) is 29.5 Å². The third kappa shape index (κ3) is 4.20. The molecule has 0 aliphatic heterocycles. The van der Waals surface area contributed by atoms with Gasteiger partial charge >= 0.3 is 5.97 Å². The van der Waals surface area contributed by atoms with E-state index in [-0.39, 0.29) is 12.5 Å². The predicted octanol–water partition coefficient (Wildman–Crippen LogP) is 3.42. The summed E-state index contributed by atoms with van der Waals surface area (Å²) in [4.78, 5) is 24.3. The van der Waals surface area contributed by atoms with E-state index >= 15 is 0 Å². The van der Waals surface area contributed by atoms with E-state index < -0.39 is 5.97 Å². The van der Waals surface area contributed by atoms with Gasteiger partial charge in [-0.3, -0.25) is 4.79 Å². The normalized spacial score (nSPS) is 10.5. The van der Waals surface area contributed by atoms with Crippen LogP contribution in [-0.4, -0.2) is 25.0 Å². The van der Waals surface area contributed by atoms with E-state index in [2.05, 4.69) is 5.32 Å². The molecule has 4 nitrogen and oxygen atoms in total. The molecule has 24 heavy (non-hydrogen) atoms. The monoisotopic (exact) mass is 339 g/mol. The SMILES string of the molecule is O=C(COC(=O)c1cc2ccccc2s1)NCCc1ccccc1. The van der Waals surface area contributed by atoms with Crippen LogP contribution < -0.4 is 5.32 Å². The number of fused-ring (bicyclic) bond motifs is 1. The molecule has 0 atom stereocenters. The number of amides is 1. The zero-order valence-electron chi connectivity index (χ0n) is 13.0. The smallest absolute Gasteiger partial charge is 0.348 e. The summed E-state index contributed by atoms with van der Waals surface area (Å²) in [6, 6.07) is 19.4. The maximum Gasteiger partial charge on any atom is 0.348 e. The van der Waals surface area contributed by atoms with Crippen molar-refractivity contribution in [3.05, 3.63) is 71.1 Å². The van der Waals surface area contributed by atoms with Crippen LogP contribution in [0.1, 0.15) is 15.2 Å². The van der Waals surface area contributed by atoms with Gasteiger partial charge in [-0.1, -0.05) is 48.5 Å². The van der Waals surface area contributed by atoms with E-state index in [1.807, 2.05) is 54.6 Å². The van der Waals surface area contributed by atoms with Crippen molar-refractivity contribution < 1.29 is 14.3 Å². The third-order valence-electron chi connectivity index (χ3n) is 3.54. The van der Waals surface area contributed by atoms with Crippen molar-refractivity contribution in [1.29, 1.82) is 0 Å². The van der Waals surface area contributed by atoms with Crippen molar-refractivity contribution in [3.63, 3.8) is 0 Å². The molecule has 1 amide bonds. The Bertz CT molecular complexity index is 809. The quantitative estimate of drug-likeness (QED) is 0.700. The minimum atomic E-state index is -0.464. The molecule has 2 aromatic carbocycles. The lowest BCUT2D eigenvalue weighted by molar-refractivity contribution is -0.124. The van der Waals surface area contributed by atoms with E-state index in [0.29, 0.717) is 11.4 Å². The lowest BCUT2D eigenvalue weighted by Crippen LogP contribution is -2.30. The zero-order chi connectivity index (χ0) is 16.8. The molecular formula is C19H17NO3S. The molecule has 3 aromatic rings. The molecule has 0 spiro atoms. The van der Waals surface area contributed by atoms with Crippen LogP contribution in [0.15, 0.2) is 60.7 Å². The highest BCUT2D eigenvalue weighted by molar-refractivity contribution is 7.20. The largest absolute Gasteiger partial charge is 0.451 e. The highest BCUT2D eigenvalue weighted by Gasteiger charge is 2.13. The van der Waals surface area contributed by atoms with Gasteiger partial charge in [0.25, 0.3) is 5.91 Å². The van der Waals surface area contributed by atoms with Crippen LogP contribution in [0.5, 0.6) is 0 Å². The fraction of sp³-hybridized carbons (Fsp3) is 0.158. The van der Waals surface area contributed by atoms with Gasteiger partial charge in [0.2, 0.25) is 0 Å². The minimum Gasteiger partial charge on any atom is -0.451 e. The van der Waals surface area contributed by atoms with Crippen LogP contribution in [0.2, 0.25) is 0 Å². The van der Waals surface area contributed by atoms with Crippen LogP contribution in [-0.2, 0) is 16.0 Å². The van der Waals surface area contributed by atoms with E-state index in [1.165, 1.54) is 11.3 Å². The summed E-state index contributed by atoms with van der Waals surface area (Å²) in [5.41, 5.74) is 1.15. The molecule has 0 saturated heterocycles. The molecule has 0 aliphatic carbocycles. The summed E-state index contributed by atoms with van der Waals surface area (Å²) in [5.74, 6) is -0.755. The Kier molecular flexibility index (Phi) is 5.23. The number of nitrogens with one attached hydrogen (secondary N) is 1. The van der Waals surface area contributed by atoms with Gasteiger partial charge in [0.05, 0.1) is 0 Å². The number of hydrogen-bond acceptors (Lipinski definition) is 4. The van der Waals surface area contributed by atoms with Crippen LogP contribution in [0.25, 0.3) is 10.1 Å². The molecular weight excluding hydrogens is 322 g/mol. The van der Waals surface area contributed by atoms with Gasteiger partial charge in [0.15, 0.2) is 6.61 Å². The second-order valence-electron chi connectivity index (χ2n) is 5.31. The highest BCUT2D eigenvalue weighted by Crippen LogP contribution is 2.25. The Balaban J connectivity index is 1.44. The first kappa shape index (κ1) is 16.2. The van der Waals surface area contributed by atoms with Crippen molar-refractivity contribution in [1.82, 2.24) is 5.32 Å². The maximum absolute atomic E-state index is 12.0. The van der Waals surface area contributed by atoms with Crippen molar-refractivity contribution in [3.8, 4) is 0 Å². The molecule has 3 rings (SSSR count). The van der Waals surface area contributed by atoms with E-state index in [4.69, 9.17) is 4.74 Å². The molecule has 0 aliphatic rings. The van der Waals surface area contributed by atoms with Crippen molar-refractivity contribution in [2.75, 3.05) is 13.2 Å². The first-order valence-corrected chi connectivity index (χ1v) is 8.50. The number of ether oxygens (including phenoxy) is 1. The van der Waals surface area contributed by atoms with E-state index in [0.717, 1.165) is 22.1 Å². The third-order valence-corrected chi connectivity index (χ3v) is 4.64. The Morgan fingerprint density at radius 2 is 1.75 bits per heavy atom.